The number of hydrogen-bond acceptors (Lipinski definition) is 3. The van der Waals surface area contributed by atoms with Crippen LogP contribution in [0.3, 0.4) is 0 Å². The molecule has 0 amide bonds. The minimum atomic E-state index is -0.318. The lowest BCUT2D eigenvalue weighted by atomic mass is 10.1. The highest BCUT2D eigenvalue weighted by Gasteiger charge is 2.05. The van der Waals surface area contributed by atoms with Gasteiger partial charge in [0.25, 0.3) is 0 Å². The van der Waals surface area contributed by atoms with Crippen LogP contribution in [0, 0.1) is 0 Å². The van der Waals surface area contributed by atoms with Crippen molar-refractivity contribution in [3.05, 3.63) is 65.9 Å². The van der Waals surface area contributed by atoms with Gasteiger partial charge < -0.3 is 4.74 Å². The molecule has 0 saturated heterocycles. The molecule has 2 aromatic carbocycles. The highest BCUT2D eigenvalue weighted by atomic mass is 16.5. The Morgan fingerprint density at radius 3 is 2.60 bits per heavy atom. The summed E-state index contributed by atoms with van der Waals surface area (Å²) in [6.45, 7) is 0.677. The van der Waals surface area contributed by atoms with Gasteiger partial charge in [0.05, 0.1) is 24.7 Å². The highest BCUT2D eigenvalue weighted by Crippen LogP contribution is 2.13. The van der Waals surface area contributed by atoms with Crippen LogP contribution >= 0.6 is 0 Å². The zero-order chi connectivity index (χ0) is 13.9. The summed E-state index contributed by atoms with van der Waals surface area (Å²) in [5.74, 6) is -0.318. The molecule has 0 bridgehead atoms. The molecule has 3 aromatic rings. The van der Waals surface area contributed by atoms with Crippen LogP contribution in [0.2, 0.25) is 0 Å². The normalized spacial score (nSPS) is 10.7. The number of carbonyl (C=O) groups excluding carboxylic acids is 1. The molecule has 0 aliphatic carbocycles. The topological polar surface area (TPSA) is 44.1 Å². The van der Waals surface area contributed by atoms with Crippen LogP contribution in [0.1, 0.15) is 15.9 Å². The molecule has 20 heavy (non-hydrogen) atoms. The van der Waals surface area contributed by atoms with E-state index in [1.165, 1.54) is 7.11 Å². The second-order valence-electron chi connectivity index (χ2n) is 4.57. The van der Waals surface area contributed by atoms with Crippen LogP contribution in [0.5, 0.6) is 0 Å². The van der Waals surface area contributed by atoms with E-state index in [9.17, 15) is 4.79 Å². The number of esters is 1. The van der Waals surface area contributed by atoms with E-state index in [0.717, 1.165) is 16.5 Å². The second kappa shape index (κ2) is 5.17. The Balaban J connectivity index is 1.82. The maximum atomic E-state index is 11.4. The molecule has 0 atom stereocenters. The molecule has 0 radical (unpaired) electrons. The van der Waals surface area contributed by atoms with Crippen molar-refractivity contribution < 1.29 is 9.53 Å². The van der Waals surface area contributed by atoms with E-state index in [2.05, 4.69) is 9.84 Å². The molecule has 100 valence electrons. The van der Waals surface area contributed by atoms with Crippen LogP contribution in [-0.4, -0.2) is 22.9 Å². The van der Waals surface area contributed by atoms with Gasteiger partial charge in [0.2, 0.25) is 0 Å². The van der Waals surface area contributed by atoms with Crippen molar-refractivity contribution in [1.29, 1.82) is 0 Å². The van der Waals surface area contributed by atoms with E-state index in [0.29, 0.717) is 12.1 Å². The lowest BCUT2D eigenvalue weighted by Crippen LogP contribution is -2.03. The molecule has 4 heteroatoms. The van der Waals surface area contributed by atoms with Crippen molar-refractivity contribution in [2.45, 2.75) is 6.54 Å². The van der Waals surface area contributed by atoms with Gasteiger partial charge in [0, 0.05) is 11.6 Å². The summed E-state index contributed by atoms with van der Waals surface area (Å²) >= 11 is 0. The fourth-order valence-corrected chi connectivity index (χ4v) is 2.15. The summed E-state index contributed by atoms with van der Waals surface area (Å²) in [7, 11) is 1.38. The van der Waals surface area contributed by atoms with Crippen LogP contribution in [-0.2, 0) is 11.3 Å². The summed E-state index contributed by atoms with van der Waals surface area (Å²) in [6, 6.07) is 15.4. The Bertz CT molecular complexity index is 712. The van der Waals surface area contributed by atoms with Crippen molar-refractivity contribution in [3.8, 4) is 0 Å². The molecule has 0 fully saturated rings. The van der Waals surface area contributed by atoms with E-state index in [1.807, 2.05) is 47.3 Å². The number of nitrogens with zero attached hydrogens (tertiary/aromatic N) is 2. The molecule has 0 aliphatic rings. The monoisotopic (exact) mass is 266 g/mol. The van der Waals surface area contributed by atoms with E-state index in [-0.39, 0.29) is 5.97 Å². The predicted octanol–water partition coefficient (Wildman–Crippen LogP) is 2.87. The maximum Gasteiger partial charge on any atom is 0.337 e. The number of hydrogen-bond donors (Lipinski definition) is 0. The highest BCUT2D eigenvalue weighted by molar-refractivity contribution is 5.89. The predicted molar refractivity (Wildman–Crippen MR) is 76.6 cm³/mol. The molecule has 4 nitrogen and oxygen atoms in total. The Hall–Kier alpha value is -2.62. The van der Waals surface area contributed by atoms with Crippen LogP contribution in [0.25, 0.3) is 10.9 Å². The zero-order valence-electron chi connectivity index (χ0n) is 11.1. The first-order valence-corrected chi connectivity index (χ1v) is 6.36. The van der Waals surface area contributed by atoms with E-state index < -0.39 is 0 Å². The molecular formula is C16H14N2O2. The van der Waals surface area contributed by atoms with Gasteiger partial charge in [-0.1, -0.05) is 30.3 Å². The van der Waals surface area contributed by atoms with Crippen LogP contribution in [0.15, 0.2) is 54.7 Å². The Morgan fingerprint density at radius 2 is 1.90 bits per heavy atom. The molecule has 0 spiro atoms. The minimum Gasteiger partial charge on any atom is -0.465 e. The molecule has 0 unspecified atom stereocenters. The lowest BCUT2D eigenvalue weighted by Gasteiger charge is -2.03. The van der Waals surface area contributed by atoms with Crippen LogP contribution < -0.4 is 0 Å². The zero-order valence-corrected chi connectivity index (χ0v) is 11.1. The summed E-state index contributed by atoms with van der Waals surface area (Å²) < 4.78 is 6.58. The molecule has 0 N–H and O–H groups in total. The van der Waals surface area contributed by atoms with Crippen molar-refractivity contribution in [2.75, 3.05) is 7.11 Å². The van der Waals surface area contributed by atoms with Gasteiger partial charge in [-0.15, -0.1) is 0 Å². The second-order valence-corrected chi connectivity index (χ2v) is 4.57. The molecule has 1 heterocycles. The van der Waals surface area contributed by atoms with Crippen molar-refractivity contribution in [3.63, 3.8) is 0 Å². The first-order chi connectivity index (χ1) is 9.76. The SMILES string of the molecule is COC(=O)c1ccc(Cn2cc3ccccc3n2)cc1. The van der Waals surface area contributed by atoms with Gasteiger partial charge >= 0.3 is 5.97 Å². The molecule has 1 aromatic heterocycles. The lowest BCUT2D eigenvalue weighted by molar-refractivity contribution is 0.0600. The van der Waals surface area contributed by atoms with Crippen LogP contribution in [0.4, 0.5) is 0 Å². The third-order valence-corrected chi connectivity index (χ3v) is 3.18. The summed E-state index contributed by atoms with van der Waals surface area (Å²) in [6.07, 6.45) is 2.02. The van der Waals surface area contributed by atoms with E-state index in [4.69, 9.17) is 0 Å². The first-order valence-electron chi connectivity index (χ1n) is 6.36. The number of methoxy groups -OCH3 is 1. The maximum absolute atomic E-state index is 11.4. The number of aromatic nitrogens is 2. The largest absolute Gasteiger partial charge is 0.465 e. The third kappa shape index (κ3) is 2.40. The van der Waals surface area contributed by atoms with Gasteiger partial charge in [-0.05, 0) is 23.8 Å². The van der Waals surface area contributed by atoms with Gasteiger partial charge in [0.15, 0.2) is 0 Å². The van der Waals surface area contributed by atoms with Gasteiger partial charge in [0.1, 0.15) is 0 Å². The summed E-state index contributed by atoms with van der Waals surface area (Å²) in [5, 5.41) is 5.63. The number of ether oxygens (including phenoxy) is 1. The third-order valence-electron chi connectivity index (χ3n) is 3.18. The Morgan fingerprint density at radius 1 is 1.15 bits per heavy atom. The molecule has 0 aliphatic heterocycles. The molecule has 0 saturated carbocycles. The molecular weight excluding hydrogens is 252 g/mol. The van der Waals surface area contributed by atoms with Gasteiger partial charge in [-0.3, -0.25) is 4.68 Å². The van der Waals surface area contributed by atoms with Crippen molar-refractivity contribution in [1.82, 2.24) is 9.78 Å². The number of carbonyl (C=O) groups is 1. The summed E-state index contributed by atoms with van der Waals surface area (Å²) in [5.41, 5.74) is 2.63. The fraction of sp³-hybridized carbons (Fsp3) is 0.125. The average molecular weight is 266 g/mol. The number of rotatable bonds is 3. The smallest absolute Gasteiger partial charge is 0.337 e. The number of benzene rings is 2. The Labute approximate surface area is 116 Å². The summed E-state index contributed by atoms with van der Waals surface area (Å²) in [4.78, 5) is 11.4. The van der Waals surface area contributed by atoms with E-state index in [1.54, 1.807) is 12.1 Å². The standard InChI is InChI=1S/C16H14N2O2/c1-20-16(19)13-8-6-12(7-9-13)10-18-11-14-4-2-3-5-15(14)17-18/h2-9,11H,10H2,1H3. The molecule has 3 rings (SSSR count). The Kier molecular flexibility index (Phi) is 3.21. The van der Waals surface area contributed by atoms with Crippen molar-refractivity contribution in [2.24, 2.45) is 0 Å². The van der Waals surface area contributed by atoms with E-state index >= 15 is 0 Å². The van der Waals surface area contributed by atoms with Gasteiger partial charge in [-0.2, -0.15) is 5.10 Å². The minimum absolute atomic E-state index is 0.318. The van der Waals surface area contributed by atoms with Gasteiger partial charge in [-0.25, -0.2) is 4.79 Å². The quantitative estimate of drug-likeness (QED) is 0.685. The fourth-order valence-electron chi connectivity index (χ4n) is 2.15. The number of fused-ring (bicyclic) bond motifs is 1. The first kappa shape index (κ1) is 12.4. The van der Waals surface area contributed by atoms with Crippen molar-refractivity contribution >= 4 is 16.9 Å². The average Bonchev–Trinajstić information content (AvgIpc) is 2.89.